The minimum Gasteiger partial charge on any atom is -0.458 e. The van der Waals surface area contributed by atoms with Crippen LogP contribution in [0.15, 0.2) is 65.5 Å². The van der Waals surface area contributed by atoms with Crippen molar-refractivity contribution >= 4 is 0 Å². The molecule has 0 atom stereocenters. The van der Waals surface area contributed by atoms with Gasteiger partial charge in [-0.1, -0.05) is 18.2 Å². The third kappa shape index (κ3) is 4.29. The number of rotatable bonds is 8. The molecule has 0 radical (unpaired) electrons. The largest absolute Gasteiger partial charge is 0.458 e. The first-order valence-corrected chi connectivity index (χ1v) is 9.27. The Morgan fingerprint density at radius 2 is 2.08 bits per heavy atom. The van der Waals surface area contributed by atoms with E-state index in [1.54, 1.807) is 6.20 Å². The summed E-state index contributed by atoms with van der Waals surface area (Å²) in [7, 11) is 0. The van der Waals surface area contributed by atoms with E-state index in [0.717, 1.165) is 56.0 Å². The van der Waals surface area contributed by atoms with E-state index in [0.29, 0.717) is 6.04 Å². The molecule has 1 aliphatic carbocycles. The summed E-state index contributed by atoms with van der Waals surface area (Å²) in [6, 6.07) is 10.7. The highest BCUT2D eigenvalue weighted by Crippen LogP contribution is 2.21. The predicted octanol–water partition coefficient (Wildman–Crippen LogP) is 3.98. The number of aromatic nitrogens is 3. The quantitative estimate of drug-likeness (QED) is 0.626. The first-order valence-electron chi connectivity index (χ1n) is 9.27. The van der Waals surface area contributed by atoms with Gasteiger partial charge in [-0.05, 0) is 55.5 Å². The van der Waals surface area contributed by atoms with E-state index in [9.17, 15) is 0 Å². The average molecular weight is 348 g/mol. The topological polar surface area (TPSA) is 55.9 Å². The van der Waals surface area contributed by atoms with Crippen LogP contribution in [-0.4, -0.2) is 20.8 Å². The fourth-order valence-corrected chi connectivity index (χ4v) is 3.25. The zero-order chi connectivity index (χ0) is 17.6. The highest BCUT2D eigenvalue weighted by molar-refractivity contribution is 5.51. The molecule has 3 aromatic heterocycles. The lowest BCUT2D eigenvalue weighted by Crippen LogP contribution is -2.25. The van der Waals surface area contributed by atoms with Crippen molar-refractivity contribution < 1.29 is 4.42 Å². The van der Waals surface area contributed by atoms with E-state index >= 15 is 0 Å². The molecule has 5 heteroatoms. The monoisotopic (exact) mass is 348 g/mol. The van der Waals surface area contributed by atoms with Crippen LogP contribution in [0, 0.1) is 0 Å². The Morgan fingerprint density at radius 3 is 2.92 bits per heavy atom. The van der Waals surface area contributed by atoms with Crippen molar-refractivity contribution in [3.8, 4) is 11.5 Å². The maximum atomic E-state index is 5.95. The lowest BCUT2D eigenvalue weighted by molar-refractivity contribution is 0.456. The number of nitrogens with one attached hydrogen (secondary N) is 1. The van der Waals surface area contributed by atoms with E-state index in [4.69, 9.17) is 4.42 Å². The summed E-state index contributed by atoms with van der Waals surface area (Å²) in [5.41, 5.74) is 2.15. The maximum Gasteiger partial charge on any atom is 0.154 e. The Kier molecular flexibility index (Phi) is 5.26. The summed E-state index contributed by atoms with van der Waals surface area (Å²) in [5.74, 6) is 1.79. The fourth-order valence-electron chi connectivity index (χ4n) is 3.25. The molecular weight excluding hydrogens is 324 g/mol. The molecule has 1 N–H and O–H groups in total. The van der Waals surface area contributed by atoms with Crippen LogP contribution in [0.3, 0.4) is 0 Å². The molecule has 0 saturated carbocycles. The summed E-state index contributed by atoms with van der Waals surface area (Å²) in [6.07, 6.45) is 14.5. The molecule has 3 aromatic rings. The van der Waals surface area contributed by atoms with Crippen LogP contribution in [0.5, 0.6) is 0 Å². The molecule has 0 fully saturated rings. The van der Waals surface area contributed by atoms with Crippen LogP contribution in [0.1, 0.15) is 30.6 Å². The van der Waals surface area contributed by atoms with Gasteiger partial charge in [-0.25, -0.2) is 0 Å². The Balaban J connectivity index is 1.28. The van der Waals surface area contributed by atoms with Crippen molar-refractivity contribution in [2.24, 2.45) is 0 Å². The van der Waals surface area contributed by atoms with E-state index in [1.807, 2.05) is 41.3 Å². The molecule has 0 amide bonds. The summed E-state index contributed by atoms with van der Waals surface area (Å²) >= 11 is 0. The minimum atomic E-state index is 0.544. The van der Waals surface area contributed by atoms with Gasteiger partial charge in [0.25, 0.3) is 0 Å². The fraction of sp³-hybridized carbons (Fsp3) is 0.333. The summed E-state index contributed by atoms with van der Waals surface area (Å²) < 4.78 is 7.93. The van der Waals surface area contributed by atoms with Crippen molar-refractivity contribution in [3.63, 3.8) is 0 Å². The van der Waals surface area contributed by atoms with Crippen LogP contribution >= 0.6 is 0 Å². The second-order valence-electron chi connectivity index (χ2n) is 6.72. The molecule has 1 aliphatic rings. The molecule has 3 heterocycles. The third-order valence-electron chi connectivity index (χ3n) is 4.70. The van der Waals surface area contributed by atoms with Gasteiger partial charge in [0.05, 0.1) is 6.54 Å². The zero-order valence-corrected chi connectivity index (χ0v) is 14.8. The second kappa shape index (κ2) is 8.15. The third-order valence-corrected chi connectivity index (χ3v) is 4.70. The lowest BCUT2D eigenvalue weighted by atomic mass is 10.2. The molecule has 0 bridgehead atoms. The Hall–Kier alpha value is -2.66. The van der Waals surface area contributed by atoms with E-state index in [1.165, 1.54) is 5.56 Å². The molecule has 5 nitrogen and oxygen atoms in total. The Labute approximate surface area is 153 Å². The van der Waals surface area contributed by atoms with Gasteiger partial charge in [-0.15, -0.1) is 0 Å². The molecule has 0 saturated heterocycles. The number of pyridine rings is 1. The number of aryl methyl sites for hydroxylation is 2. The molecule has 4 rings (SSSR count). The molecule has 0 aromatic carbocycles. The first-order chi connectivity index (χ1) is 12.9. The molecule has 0 spiro atoms. The maximum absolute atomic E-state index is 5.95. The second-order valence-corrected chi connectivity index (χ2v) is 6.72. The minimum absolute atomic E-state index is 0.544. The van der Waals surface area contributed by atoms with Gasteiger partial charge in [0.2, 0.25) is 0 Å². The molecule has 134 valence electrons. The van der Waals surface area contributed by atoms with Crippen molar-refractivity contribution in [1.29, 1.82) is 0 Å². The number of furan rings is 1. The number of hydrogen-bond acceptors (Lipinski definition) is 4. The van der Waals surface area contributed by atoms with Gasteiger partial charge in [-0.2, -0.15) is 5.10 Å². The zero-order valence-electron chi connectivity index (χ0n) is 14.8. The van der Waals surface area contributed by atoms with Crippen molar-refractivity contribution in [2.75, 3.05) is 0 Å². The van der Waals surface area contributed by atoms with Gasteiger partial charge < -0.3 is 9.73 Å². The SMILES string of the molecule is C1=CCC(NCc2ccc(-c3ccn(CCCc4cccnc4)n3)o2)C1. The van der Waals surface area contributed by atoms with Crippen LogP contribution in [0.2, 0.25) is 0 Å². The number of nitrogens with zero attached hydrogens (tertiary/aromatic N) is 3. The van der Waals surface area contributed by atoms with Gasteiger partial charge in [0.15, 0.2) is 5.76 Å². The summed E-state index contributed by atoms with van der Waals surface area (Å²) in [4.78, 5) is 4.15. The molecular formula is C21H24N4O. The van der Waals surface area contributed by atoms with Crippen LogP contribution in [0.4, 0.5) is 0 Å². The Bertz CT molecular complexity index is 842. The first kappa shape index (κ1) is 16.8. The summed E-state index contributed by atoms with van der Waals surface area (Å²) in [6.45, 7) is 1.65. The van der Waals surface area contributed by atoms with E-state index < -0.39 is 0 Å². The molecule has 0 aliphatic heterocycles. The van der Waals surface area contributed by atoms with Gasteiger partial charge in [0.1, 0.15) is 11.5 Å². The predicted molar refractivity (Wildman–Crippen MR) is 101 cm³/mol. The van der Waals surface area contributed by atoms with Crippen molar-refractivity contribution in [2.45, 2.75) is 44.8 Å². The highest BCUT2D eigenvalue weighted by Gasteiger charge is 2.12. The Morgan fingerprint density at radius 1 is 1.15 bits per heavy atom. The van der Waals surface area contributed by atoms with Crippen LogP contribution in [0.25, 0.3) is 11.5 Å². The van der Waals surface area contributed by atoms with E-state index in [2.05, 4.69) is 33.6 Å². The van der Waals surface area contributed by atoms with Crippen LogP contribution < -0.4 is 5.32 Å². The van der Waals surface area contributed by atoms with Crippen LogP contribution in [-0.2, 0) is 19.5 Å². The normalized spacial score (nSPS) is 14.3. The average Bonchev–Trinajstić information content (AvgIpc) is 3.42. The summed E-state index contributed by atoms with van der Waals surface area (Å²) in [5, 5.41) is 8.16. The van der Waals surface area contributed by atoms with Gasteiger partial charge in [-0.3, -0.25) is 9.67 Å². The number of hydrogen-bond donors (Lipinski definition) is 1. The standard InChI is InChI=1S/C21H24N4O/c1-2-8-18(7-1)23-16-19-9-10-21(26-19)20-11-14-25(24-20)13-4-6-17-5-3-12-22-15-17/h1-3,5,9-12,14-15,18,23H,4,6-8,13,16H2. The molecule has 0 unspecified atom stereocenters. The highest BCUT2D eigenvalue weighted by atomic mass is 16.3. The smallest absolute Gasteiger partial charge is 0.154 e. The van der Waals surface area contributed by atoms with E-state index in [-0.39, 0.29) is 0 Å². The van der Waals surface area contributed by atoms with Crippen molar-refractivity contribution in [1.82, 2.24) is 20.1 Å². The van der Waals surface area contributed by atoms with Gasteiger partial charge in [0, 0.05) is 31.2 Å². The lowest BCUT2D eigenvalue weighted by Gasteiger charge is -2.09. The van der Waals surface area contributed by atoms with Gasteiger partial charge >= 0.3 is 0 Å². The molecule has 26 heavy (non-hydrogen) atoms. The van der Waals surface area contributed by atoms with Crippen molar-refractivity contribution in [3.05, 3.63) is 72.4 Å².